The van der Waals surface area contributed by atoms with E-state index in [1.807, 2.05) is 0 Å². The third-order valence-electron chi connectivity index (χ3n) is 4.23. The average molecular weight is 358 g/mol. The number of ether oxygens (including phenoxy) is 3. The second-order valence-electron chi connectivity index (χ2n) is 5.94. The molecule has 1 aliphatic rings. The fourth-order valence-corrected chi connectivity index (χ4v) is 2.81. The molecule has 0 unspecified atom stereocenters. The van der Waals surface area contributed by atoms with Crippen LogP contribution in [0.15, 0.2) is 42.5 Å². The van der Waals surface area contributed by atoms with E-state index < -0.39 is 17.6 Å². The van der Waals surface area contributed by atoms with Crippen LogP contribution in [0.4, 0.5) is 4.39 Å². The number of hydrogen-bond donors (Lipinski definition) is 0. The van der Waals surface area contributed by atoms with Crippen molar-refractivity contribution < 1.29 is 28.2 Å². The summed E-state index contributed by atoms with van der Waals surface area (Å²) in [6.07, 6.45) is 1.25. The first kappa shape index (κ1) is 18.1. The molecule has 1 fully saturated rings. The van der Waals surface area contributed by atoms with Gasteiger partial charge < -0.3 is 14.2 Å². The first-order valence-corrected chi connectivity index (χ1v) is 8.36. The zero-order chi connectivity index (χ0) is 18.5. The minimum atomic E-state index is -0.596. The summed E-state index contributed by atoms with van der Waals surface area (Å²) in [5.74, 6) is -1.37. The molecule has 0 saturated carbocycles. The van der Waals surface area contributed by atoms with Gasteiger partial charge in [0.25, 0.3) is 0 Å². The summed E-state index contributed by atoms with van der Waals surface area (Å²) in [5, 5.41) is 0. The van der Waals surface area contributed by atoms with E-state index >= 15 is 0 Å². The fraction of sp³-hybridized carbons (Fsp3) is 0.300. The lowest BCUT2D eigenvalue weighted by Crippen LogP contribution is -2.26. The maximum atomic E-state index is 13.9. The molecule has 0 bridgehead atoms. The lowest BCUT2D eigenvalue weighted by Gasteiger charge is -2.24. The van der Waals surface area contributed by atoms with Crippen molar-refractivity contribution in [2.24, 2.45) is 0 Å². The first-order valence-electron chi connectivity index (χ1n) is 8.36. The minimum absolute atomic E-state index is 0.0321. The Labute approximate surface area is 150 Å². The van der Waals surface area contributed by atoms with Crippen LogP contribution in [0.1, 0.15) is 39.1 Å². The molecule has 2 aromatic carbocycles. The Bertz CT molecular complexity index is 812. The van der Waals surface area contributed by atoms with E-state index in [-0.39, 0.29) is 28.5 Å². The van der Waals surface area contributed by atoms with Crippen molar-refractivity contribution in [3.8, 4) is 5.75 Å². The van der Waals surface area contributed by atoms with Crippen LogP contribution in [0.2, 0.25) is 0 Å². The van der Waals surface area contributed by atoms with E-state index in [2.05, 4.69) is 0 Å². The highest BCUT2D eigenvalue weighted by atomic mass is 19.1. The number of rotatable bonds is 5. The van der Waals surface area contributed by atoms with E-state index in [9.17, 15) is 14.0 Å². The number of carbonyl (C=O) groups is 2. The number of hydrogen-bond acceptors (Lipinski definition) is 5. The smallest absolute Gasteiger partial charge is 0.341 e. The Kier molecular flexibility index (Phi) is 5.63. The van der Waals surface area contributed by atoms with Gasteiger partial charge in [0.05, 0.1) is 25.9 Å². The predicted octanol–water partition coefficient (Wildman–Crippen LogP) is 3.40. The maximum absolute atomic E-state index is 13.9. The lowest BCUT2D eigenvalue weighted by atomic mass is 10.0. The number of carbonyl (C=O) groups excluding carboxylic acids is 2. The van der Waals surface area contributed by atoms with Crippen LogP contribution in [-0.2, 0) is 9.47 Å². The van der Waals surface area contributed by atoms with Gasteiger partial charge in [-0.15, -0.1) is 0 Å². The van der Waals surface area contributed by atoms with Crippen molar-refractivity contribution in [2.75, 3.05) is 20.3 Å². The summed E-state index contributed by atoms with van der Waals surface area (Å²) in [4.78, 5) is 24.6. The van der Waals surface area contributed by atoms with E-state index in [1.54, 1.807) is 6.07 Å². The summed E-state index contributed by atoms with van der Waals surface area (Å²) in [6, 6.07) is 10.2. The summed E-state index contributed by atoms with van der Waals surface area (Å²) < 4.78 is 29.9. The van der Waals surface area contributed by atoms with Crippen molar-refractivity contribution >= 4 is 11.8 Å². The third-order valence-corrected chi connectivity index (χ3v) is 4.23. The van der Waals surface area contributed by atoms with Gasteiger partial charge in [0, 0.05) is 18.4 Å². The number of methoxy groups -OCH3 is 1. The van der Waals surface area contributed by atoms with Crippen LogP contribution >= 0.6 is 0 Å². The Hall–Kier alpha value is -2.73. The Morgan fingerprint density at radius 3 is 2.50 bits per heavy atom. The van der Waals surface area contributed by atoms with Crippen molar-refractivity contribution in [1.82, 2.24) is 0 Å². The van der Waals surface area contributed by atoms with Crippen LogP contribution < -0.4 is 4.74 Å². The van der Waals surface area contributed by atoms with Gasteiger partial charge in [0.1, 0.15) is 23.2 Å². The molecule has 1 heterocycles. The predicted molar refractivity (Wildman–Crippen MR) is 92.1 cm³/mol. The number of benzene rings is 2. The molecule has 0 atom stereocenters. The number of esters is 1. The van der Waals surface area contributed by atoms with Crippen molar-refractivity contribution in [3.05, 3.63) is 65.0 Å². The van der Waals surface area contributed by atoms with Crippen LogP contribution in [0.3, 0.4) is 0 Å². The van der Waals surface area contributed by atoms with E-state index in [1.165, 1.54) is 43.5 Å². The summed E-state index contributed by atoms with van der Waals surface area (Å²) in [6.45, 7) is 1.15. The highest BCUT2D eigenvalue weighted by Crippen LogP contribution is 2.26. The standard InChI is InChI=1S/C20H19FO5/c1-24-20(23)16-7-6-13(19(22)15-4-2-3-5-17(15)21)12-18(16)26-14-8-10-25-11-9-14/h2-7,12,14H,8-11H2,1H3. The molecular formula is C20H19FO5. The van der Waals surface area contributed by atoms with Gasteiger partial charge in [0.2, 0.25) is 0 Å². The molecule has 5 nitrogen and oxygen atoms in total. The monoisotopic (exact) mass is 358 g/mol. The van der Waals surface area contributed by atoms with Gasteiger partial charge in [-0.1, -0.05) is 12.1 Å². The van der Waals surface area contributed by atoms with Crippen LogP contribution in [0, 0.1) is 5.82 Å². The molecule has 6 heteroatoms. The molecule has 0 aromatic heterocycles. The quantitative estimate of drug-likeness (QED) is 0.606. The van der Waals surface area contributed by atoms with Gasteiger partial charge in [-0.2, -0.15) is 0 Å². The SMILES string of the molecule is COC(=O)c1ccc(C(=O)c2ccccc2F)cc1OC1CCOCC1. The molecule has 0 N–H and O–H groups in total. The van der Waals surface area contributed by atoms with Gasteiger partial charge >= 0.3 is 5.97 Å². The summed E-state index contributed by atoms with van der Waals surface area (Å²) in [7, 11) is 1.28. The highest BCUT2D eigenvalue weighted by molar-refractivity contribution is 6.10. The van der Waals surface area contributed by atoms with Crippen LogP contribution in [0.25, 0.3) is 0 Å². The fourth-order valence-electron chi connectivity index (χ4n) is 2.81. The van der Waals surface area contributed by atoms with Crippen LogP contribution in [0.5, 0.6) is 5.75 Å². The van der Waals surface area contributed by atoms with E-state index in [0.717, 1.165) is 0 Å². The van der Waals surface area contributed by atoms with Crippen molar-refractivity contribution in [3.63, 3.8) is 0 Å². The second-order valence-corrected chi connectivity index (χ2v) is 5.94. The van der Waals surface area contributed by atoms with E-state index in [0.29, 0.717) is 26.1 Å². The number of ketones is 1. The topological polar surface area (TPSA) is 61.8 Å². The lowest BCUT2D eigenvalue weighted by molar-refractivity contribution is 0.0245. The molecule has 0 radical (unpaired) electrons. The molecule has 1 aliphatic heterocycles. The molecule has 26 heavy (non-hydrogen) atoms. The minimum Gasteiger partial charge on any atom is -0.489 e. The van der Waals surface area contributed by atoms with Crippen molar-refractivity contribution in [2.45, 2.75) is 18.9 Å². The molecule has 1 saturated heterocycles. The van der Waals surface area contributed by atoms with Crippen LogP contribution in [-0.4, -0.2) is 38.2 Å². The molecule has 0 aliphatic carbocycles. The van der Waals surface area contributed by atoms with E-state index in [4.69, 9.17) is 14.2 Å². The molecule has 0 spiro atoms. The maximum Gasteiger partial charge on any atom is 0.341 e. The van der Waals surface area contributed by atoms with Gasteiger partial charge in [-0.25, -0.2) is 9.18 Å². The molecule has 3 rings (SSSR count). The van der Waals surface area contributed by atoms with Gasteiger partial charge in [-0.05, 0) is 30.3 Å². The normalized spacial score (nSPS) is 14.7. The Morgan fingerprint density at radius 1 is 1.08 bits per heavy atom. The van der Waals surface area contributed by atoms with Crippen molar-refractivity contribution in [1.29, 1.82) is 0 Å². The Morgan fingerprint density at radius 2 is 1.81 bits per heavy atom. The average Bonchev–Trinajstić information content (AvgIpc) is 2.68. The highest BCUT2D eigenvalue weighted by Gasteiger charge is 2.22. The summed E-state index contributed by atoms with van der Waals surface area (Å²) >= 11 is 0. The summed E-state index contributed by atoms with van der Waals surface area (Å²) in [5.41, 5.74) is 0.434. The molecular weight excluding hydrogens is 339 g/mol. The zero-order valence-electron chi connectivity index (χ0n) is 14.4. The van der Waals surface area contributed by atoms with Gasteiger partial charge in [0.15, 0.2) is 5.78 Å². The molecule has 0 amide bonds. The first-order chi connectivity index (χ1) is 12.6. The Balaban J connectivity index is 1.94. The third kappa shape index (κ3) is 3.91. The largest absolute Gasteiger partial charge is 0.489 e. The second kappa shape index (κ2) is 8.10. The van der Waals surface area contributed by atoms with Gasteiger partial charge in [-0.3, -0.25) is 4.79 Å². The molecule has 136 valence electrons. The molecule has 2 aromatic rings. The number of halogens is 1. The zero-order valence-corrected chi connectivity index (χ0v) is 14.4.